The molecular weight excluding hydrogens is 173 g/mol. The molecule has 0 bridgehead atoms. The molecule has 0 aliphatic rings. The Kier molecular flexibility index (Phi) is 3.55. The van der Waals surface area contributed by atoms with Gasteiger partial charge in [0.25, 0.3) is 0 Å². The van der Waals surface area contributed by atoms with Crippen LogP contribution >= 0.6 is 0 Å². The first kappa shape index (κ1) is 11.3. The maximum Gasteiger partial charge on any atom is 0.377 e. The molecule has 0 heterocycles. The fourth-order valence-electron chi connectivity index (χ4n) is 0.682. The Morgan fingerprint density at radius 3 is 2.25 bits per heavy atom. The molecule has 5 heteroatoms. The molecular formula is C7H11F3O2. The van der Waals surface area contributed by atoms with E-state index in [1.807, 2.05) is 0 Å². The van der Waals surface area contributed by atoms with Crippen LogP contribution in [-0.2, 0) is 4.79 Å². The second kappa shape index (κ2) is 3.78. The van der Waals surface area contributed by atoms with Gasteiger partial charge in [-0.25, -0.2) is 9.18 Å². The largest absolute Gasteiger partial charge is 0.477 e. The number of alkyl halides is 3. The average molecular weight is 184 g/mol. The normalized spacial score (nSPS) is 17.1. The van der Waals surface area contributed by atoms with Gasteiger partial charge in [-0.3, -0.25) is 0 Å². The lowest BCUT2D eigenvalue weighted by atomic mass is 9.98. The molecule has 0 amide bonds. The molecule has 0 radical (unpaired) electrons. The SMILES string of the molecule is CCC(C)C(F)C(F)(F)C(=O)O. The van der Waals surface area contributed by atoms with E-state index in [1.165, 1.54) is 13.8 Å². The van der Waals surface area contributed by atoms with Crippen molar-refractivity contribution in [1.82, 2.24) is 0 Å². The van der Waals surface area contributed by atoms with E-state index in [1.54, 1.807) is 0 Å². The van der Waals surface area contributed by atoms with E-state index in [9.17, 15) is 18.0 Å². The molecule has 0 aromatic rings. The first-order valence-electron chi connectivity index (χ1n) is 3.59. The van der Waals surface area contributed by atoms with E-state index in [4.69, 9.17) is 5.11 Å². The zero-order valence-corrected chi connectivity index (χ0v) is 6.85. The maximum atomic E-state index is 12.7. The van der Waals surface area contributed by atoms with Crippen LogP contribution in [0.2, 0.25) is 0 Å². The van der Waals surface area contributed by atoms with E-state index in [2.05, 4.69) is 0 Å². The minimum Gasteiger partial charge on any atom is -0.477 e. The molecule has 2 unspecified atom stereocenters. The second-order valence-corrected chi connectivity index (χ2v) is 2.72. The van der Waals surface area contributed by atoms with Crippen LogP contribution in [0.5, 0.6) is 0 Å². The number of rotatable bonds is 4. The van der Waals surface area contributed by atoms with Gasteiger partial charge in [0.1, 0.15) is 0 Å². The van der Waals surface area contributed by atoms with E-state index in [0.29, 0.717) is 0 Å². The summed E-state index contributed by atoms with van der Waals surface area (Å²) in [5.74, 6) is -7.62. The minimum atomic E-state index is -4.27. The van der Waals surface area contributed by atoms with Crippen molar-refractivity contribution in [3.8, 4) is 0 Å². The van der Waals surface area contributed by atoms with Gasteiger partial charge in [0.2, 0.25) is 0 Å². The van der Waals surface area contributed by atoms with Crippen molar-refractivity contribution in [1.29, 1.82) is 0 Å². The number of carbonyl (C=O) groups is 1. The zero-order chi connectivity index (χ0) is 9.94. The van der Waals surface area contributed by atoms with Crippen LogP contribution in [0.1, 0.15) is 20.3 Å². The lowest BCUT2D eigenvalue weighted by molar-refractivity contribution is -0.178. The maximum absolute atomic E-state index is 12.7. The Bertz CT molecular complexity index is 170. The van der Waals surface area contributed by atoms with E-state index in [0.717, 1.165) is 0 Å². The Labute approximate surface area is 68.4 Å². The van der Waals surface area contributed by atoms with Crippen molar-refractivity contribution >= 4 is 5.97 Å². The molecule has 2 nitrogen and oxygen atoms in total. The van der Waals surface area contributed by atoms with E-state index >= 15 is 0 Å². The van der Waals surface area contributed by atoms with Crippen molar-refractivity contribution in [2.75, 3.05) is 0 Å². The standard InChI is InChI=1S/C7H11F3O2/c1-3-4(2)5(8)7(9,10)6(11)12/h4-5H,3H2,1-2H3,(H,11,12). The topological polar surface area (TPSA) is 37.3 Å². The third-order valence-electron chi connectivity index (χ3n) is 1.78. The molecule has 2 atom stereocenters. The highest BCUT2D eigenvalue weighted by atomic mass is 19.3. The van der Waals surface area contributed by atoms with Crippen molar-refractivity contribution in [3.63, 3.8) is 0 Å². The van der Waals surface area contributed by atoms with E-state index < -0.39 is 24.0 Å². The third-order valence-corrected chi connectivity index (χ3v) is 1.78. The van der Waals surface area contributed by atoms with Gasteiger partial charge in [-0.15, -0.1) is 0 Å². The number of carboxylic acids is 1. The predicted molar refractivity (Wildman–Crippen MR) is 36.9 cm³/mol. The summed E-state index contributed by atoms with van der Waals surface area (Å²) in [7, 11) is 0. The summed E-state index contributed by atoms with van der Waals surface area (Å²) in [6.45, 7) is 2.77. The number of carboxylic acid groups (broad SMARTS) is 1. The fourth-order valence-corrected chi connectivity index (χ4v) is 0.682. The van der Waals surface area contributed by atoms with Crippen LogP contribution in [-0.4, -0.2) is 23.2 Å². The lowest BCUT2D eigenvalue weighted by Gasteiger charge is -2.20. The smallest absolute Gasteiger partial charge is 0.377 e. The molecule has 0 rings (SSSR count). The summed E-state index contributed by atoms with van der Waals surface area (Å²) >= 11 is 0. The van der Waals surface area contributed by atoms with Crippen LogP contribution in [0.4, 0.5) is 13.2 Å². The molecule has 0 aliphatic heterocycles. The molecule has 72 valence electrons. The molecule has 12 heavy (non-hydrogen) atoms. The molecule has 1 N–H and O–H groups in total. The van der Waals surface area contributed by atoms with Crippen LogP contribution in [0, 0.1) is 5.92 Å². The van der Waals surface area contributed by atoms with Gasteiger partial charge in [-0.2, -0.15) is 8.78 Å². The number of halogens is 3. The molecule has 0 aromatic carbocycles. The summed E-state index contributed by atoms with van der Waals surface area (Å²) in [6, 6.07) is 0. The minimum absolute atomic E-state index is 0.185. The highest BCUT2D eigenvalue weighted by molar-refractivity contribution is 5.76. The van der Waals surface area contributed by atoms with Crippen LogP contribution in [0.15, 0.2) is 0 Å². The molecule has 0 fully saturated rings. The highest BCUT2D eigenvalue weighted by Crippen LogP contribution is 2.28. The lowest BCUT2D eigenvalue weighted by Crippen LogP contribution is -2.42. The Morgan fingerprint density at radius 1 is 1.58 bits per heavy atom. The summed E-state index contributed by atoms with van der Waals surface area (Å²) < 4.78 is 37.5. The van der Waals surface area contributed by atoms with Crippen molar-refractivity contribution in [2.24, 2.45) is 5.92 Å². The Morgan fingerprint density at radius 2 is 2.00 bits per heavy atom. The van der Waals surface area contributed by atoms with Gasteiger partial charge in [0, 0.05) is 0 Å². The summed E-state index contributed by atoms with van der Waals surface area (Å²) in [6.07, 6.45) is -2.43. The van der Waals surface area contributed by atoms with Gasteiger partial charge in [-0.05, 0) is 5.92 Å². The summed E-state index contributed by atoms with van der Waals surface area (Å²) in [5.41, 5.74) is 0. The van der Waals surface area contributed by atoms with Crippen molar-refractivity contribution in [3.05, 3.63) is 0 Å². The first-order valence-corrected chi connectivity index (χ1v) is 3.59. The average Bonchev–Trinajstić information content (AvgIpc) is 2.01. The van der Waals surface area contributed by atoms with Crippen LogP contribution in [0.25, 0.3) is 0 Å². The Balaban J connectivity index is 4.44. The first-order chi connectivity index (χ1) is 5.34. The summed E-state index contributed by atoms with van der Waals surface area (Å²) in [4.78, 5) is 9.89. The number of aliphatic carboxylic acids is 1. The molecule has 0 aliphatic carbocycles. The van der Waals surface area contributed by atoms with Gasteiger partial charge in [-0.1, -0.05) is 20.3 Å². The summed E-state index contributed by atoms with van der Waals surface area (Å²) in [5, 5.41) is 7.97. The molecule has 0 saturated heterocycles. The van der Waals surface area contributed by atoms with E-state index in [-0.39, 0.29) is 6.42 Å². The third kappa shape index (κ3) is 2.12. The number of hydrogen-bond acceptors (Lipinski definition) is 1. The van der Waals surface area contributed by atoms with Crippen LogP contribution < -0.4 is 0 Å². The quantitative estimate of drug-likeness (QED) is 0.726. The van der Waals surface area contributed by atoms with Gasteiger partial charge in [0.15, 0.2) is 6.17 Å². The van der Waals surface area contributed by atoms with Crippen LogP contribution in [0.3, 0.4) is 0 Å². The molecule has 0 spiro atoms. The van der Waals surface area contributed by atoms with Crippen molar-refractivity contribution in [2.45, 2.75) is 32.4 Å². The van der Waals surface area contributed by atoms with Gasteiger partial charge >= 0.3 is 11.9 Å². The van der Waals surface area contributed by atoms with Crippen molar-refractivity contribution < 1.29 is 23.1 Å². The zero-order valence-electron chi connectivity index (χ0n) is 6.85. The molecule has 0 saturated carbocycles. The highest BCUT2D eigenvalue weighted by Gasteiger charge is 2.50. The van der Waals surface area contributed by atoms with Gasteiger partial charge in [0.05, 0.1) is 0 Å². The second-order valence-electron chi connectivity index (χ2n) is 2.72. The predicted octanol–water partition coefficient (Wildman–Crippen LogP) is 2.09. The number of hydrogen-bond donors (Lipinski definition) is 1. The molecule has 0 aromatic heterocycles. The van der Waals surface area contributed by atoms with Gasteiger partial charge < -0.3 is 5.11 Å². The Hall–Kier alpha value is -0.740. The fraction of sp³-hybridized carbons (Fsp3) is 0.857. The monoisotopic (exact) mass is 184 g/mol.